The van der Waals surface area contributed by atoms with Gasteiger partial charge in [-0.2, -0.15) is 0 Å². The number of amides is 2. The number of hydrogen-bond acceptors (Lipinski definition) is 3. The molecule has 0 radical (unpaired) electrons. The minimum atomic E-state index is -1.00. The van der Waals surface area contributed by atoms with Crippen LogP contribution in [0.1, 0.15) is 19.3 Å². The number of nitrogens with one attached hydrogen (secondary N) is 1. The van der Waals surface area contributed by atoms with Crippen molar-refractivity contribution in [2.24, 2.45) is 0 Å². The van der Waals surface area contributed by atoms with E-state index in [0.29, 0.717) is 6.04 Å². The summed E-state index contributed by atoms with van der Waals surface area (Å²) in [6.07, 6.45) is 3.31. The van der Waals surface area contributed by atoms with E-state index in [0.717, 1.165) is 39.0 Å². The molecular weight excluding hydrogens is 222 g/mol. The Balaban J connectivity index is 1.87. The Kier molecular flexibility index (Phi) is 3.83. The predicted molar refractivity (Wildman–Crippen MR) is 61.8 cm³/mol. The van der Waals surface area contributed by atoms with Crippen LogP contribution in [0.5, 0.6) is 0 Å². The van der Waals surface area contributed by atoms with Crippen molar-refractivity contribution in [1.29, 1.82) is 0 Å². The van der Waals surface area contributed by atoms with Crippen LogP contribution in [0, 0.1) is 0 Å². The van der Waals surface area contributed by atoms with Gasteiger partial charge in [0.1, 0.15) is 6.54 Å². The van der Waals surface area contributed by atoms with Crippen molar-refractivity contribution < 1.29 is 14.7 Å². The quantitative estimate of drug-likeness (QED) is 0.711. The van der Waals surface area contributed by atoms with E-state index in [1.165, 1.54) is 6.42 Å². The lowest BCUT2D eigenvalue weighted by molar-refractivity contribution is -0.135. The number of carboxylic acid groups (broad SMARTS) is 1. The zero-order chi connectivity index (χ0) is 12.3. The SMILES string of the molecule is O=C(O)CNC(=O)N1CCCN2CCCC2C1. The molecule has 0 bridgehead atoms. The van der Waals surface area contributed by atoms with Crippen LogP contribution < -0.4 is 5.32 Å². The third-order valence-corrected chi connectivity index (χ3v) is 3.48. The molecule has 6 heteroatoms. The summed E-state index contributed by atoms with van der Waals surface area (Å²) in [5.74, 6) is -1.00. The number of hydrogen-bond donors (Lipinski definition) is 2. The Morgan fingerprint density at radius 3 is 2.76 bits per heavy atom. The summed E-state index contributed by atoms with van der Waals surface area (Å²) in [5, 5.41) is 11.0. The molecule has 2 N–H and O–H groups in total. The Hall–Kier alpha value is -1.30. The molecule has 0 aromatic heterocycles. The van der Waals surface area contributed by atoms with Gasteiger partial charge in [0.15, 0.2) is 0 Å². The van der Waals surface area contributed by atoms with E-state index in [-0.39, 0.29) is 12.6 Å². The molecule has 2 heterocycles. The number of carboxylic acids is 1. The number of aliphatic carboxylic acids is 1. The molecule has 6 nitrogen and oxygen atoms in total. The second-order valence-electron chi connectivity index (χ2n) is 4.68. The molecule has 2 rings (SSSR count). The molecule has 0 aromatic carbocycles. The van der Waals surface area contributed by atoms with Crippen LogP contribution in [0.3, 0.4) is 0 Å². The summed E-state index contributed by atoms with van der Waals surface area (Å²) < 4.78 is 0. The summed E-state index contributed by atoms with van der Waals surface area (Å²) in [6, 6.07) is 0.217. The Morgan fingerprint density at radius 1 is 1.24 bits per heavy atom. The fraction of sp³-hybridized carbons (Fsp3) is 0.818. The third kappa shape index (κ3) is 3.09. The maximum absolute atomic E-state index is 11.8. The summed E-state index contributed by atoms with van der Waals surface area (Å²) in [5.41, 5.74) is 0. The van der Waals surface area contributed by atoms with Gasteiger partial charge >= 0.3 is 12.0 Å². The zero-order valence-corrected chi connectivity index (χ0v) is 9.89. The zero-order valence-electron chi connectivity index (χ0n) is 9.89. The summed E-state index contributed by atoms with van der Waals surface area (Å²) in [4.78, 5) is 26.4. The third-order valence-electron chi connectivity index (χ3n) is 3.48. The largest absolute Gasteiger partial charge is 0.480 e. The lowest BCUT2D eigenvalue weighted by Crippen LogP contribution is -2.45. The molecule has 0 aromatic rings. The molecular formula is C11H19N3O3. The first-order valence-corrected chi connectivity index (χ1v) is 6.15. The summed E-state index contributed by atoms with van der Waals surface area (Å²) in [6.45, 7) is 3.33. The highest BCUT2D eigenvalue weighted by Gasteiger charge is 2.30. The molecule has 1 unspecified atom stereocenters. The molecule has 0 aliphatic carbocycles. The smallest absolute Gasteiger partial charge is 0.323 e. The Labute approximate surface area is 101 Å². The second-order valence-corrected chi connectivity index (χ2v) is 4.68. The van der Waals surface area contributed by atoms with Crippen LogP contribution in [-0.2, 0) is 4.79 Å². The minimum absolute atomic E-state index is 0.249. The van der Waals surface area contributed by atoms with Gasteiger partial charge in [0, 0.05) is 25.7 Å². The average molecular weight is 241 g/mol. The number of carbonyl (C=O) groups excluding carboxylic acids is 1. The van der Waals surface area contributed by atoms with E-state index in [2.05, 4.69) is 10.2 Å². The molecule has 1 atom stereocenters. The minimum Gasteiger partial charge on any atom is -0.480 e. The van der Waals surface area contributed by atoms with Crippen LogP contribution in [0.15, 0.2) is 0 Å². The normalized spacial score (nSPS) is 25.2. The summed E-state index contributed by atoms with van der Waals surface area (Å²) in [7, 11) is 0. The standard InChI is InChI=1S/C11H19N3O3/c15-10(16)7-12-11(17)14-6-2-5-13-4-1-3-9(13)8-14/h9H,1-8H2,(H,12,17)(H,15,16). The van der Waals surface area contributed by atoms with Crippen molar-refractivity contribution in [2.45, 2.75) is 25.3 Å². The number of urea groups is 1. The van der Waals surface area contributed by atoms with Gasteiger partial charge in [-0.25, -0.2) is 4.79 Å². The van der Waals surface area contributed by atoms with Gasteiger partial charge in [-0.05, 0) is 25.8 Å². The van der Waals surface area contributed by atoms with Gasteiger partial charge in [-0.1, -0.05) is 0 Å². The number of carbonyl (C=O) groups is 2. The molecule has 2 aliphatic heterocycles. The molecule has 2 amide bonds. The van der Waals surface area contributed by atoms with Crippen LogP contribution in [0.2, 0.25) is 0 Å². The first-order valence-electron chi connectivity index (χ1n) is 6.15. The van der Waals surface area contributed by atoms with Crippen molar-refractivity contribution in [3.63, 3.8) is 0 Å². The lowest BCUT2D eigenvalue weighted by Gasteiger charge is -2.25. The molecule has 96 valence electrons. The van der Waals surface area contributed by atoms with Gasteiger partial charge in [0.2, 0.25) is 0 Å². The topological polar surface area (TPSA) is 72.9 Å². The van der Waals surface area contributed by atoms with E-state index >= 15 is 0 Å². The van der Waals surface area contributed by atoms with Crippen molar-refractivity contribution >= 4 is 12.0 Å². The van der Waals surface area contributed by atoms with Crippen LogP contribution >= 0.6 is 0 Å². The van der Waals surface area contributed by atoms with Crippen molar-refractivity contribution in [2.75, 3.05) is 32.7 Å². The molecule has 0 saturated carbocycles. The van der Waals surface area contributed by atoms with E-state index in [4.69, 9.17) is 5.11 Å². The van der Waals surface area contributed by atoms with Gasteiger partial charge in [-0.3, -0.25) is 9.69 Å². The van der Waals surface area contributed by atoms with Crippen molar-refractivity contribution in [3.05, 3.63) is 0 Å². The Morgan fingerprint density at radius 2 is 2.00 bits per heavy atom. The van der Waals surface area contributed by atoms with Gasteiger partial charge < -0.3 is 15.3 Å². The van der Waals surface area contributed by atoms with E-state index < -0.39 is 5.97 Å². The monoisotopic (exact) mass is 241 g/mol. The van der Waals surface area contributed by atoms with Gasteiger partial charge in [-0.15, -0.1) is 0 Å². The molecule has 17 heavy (non-hydrogen) atoms. The van der Waals surface area contributed by atoms with Gasteiger partial charge in [0.05, 0.1) is 0 Å². The molecule has 0 spiro atoms. The van der Waals surface area contributed by atoms with Crippen LogP contribution in [0.25, 0.3) is 0 Å². The molecule has 2 fully saturated rings. The maximum Gasteiger partial charge on any atom is 0.323 e. The second kappa shape index (κ2) is 5.35. The lowest BCUT2D eigenvalue weighted by atomic mass is 10.2. The fourth-order valence-corrected chi connectivity index (χ4v) is 2.65. The Bertz CT molecular complexity index is 308. The van der Waals surface area contributed by atoms with E-state index in [1.807, 2.05) is 0 Å². The molecule has 2 saturated heterocycles. The van der Waals surface area contributed by atoms with Crippen molar-refractivity contribution in [3.8, 4) is 0 Å². The molecule has 2 aliphatic rings. The highest BCUT2D eigenvalue weighted by Crippen LogP contribution is 2.21. The average Bonchev–Trinajstić information content (AvgIpc) is 2.63. The first kappa shape index (κ1) is 12.2. The highest BCUT2D eigenvalue weighted by atomic mass is 16.4. The van der Waals surface area contributed by atoms with Crippen LogP contribution in [-0.4, -0.2) is 65.7 Å². The summed E-state index contributed by atoms with van der Waals surface area (Å²) >= 11 is 0. The van der Waals surface area contributed by atoms with Crippen LogP contribution in [0.4, 0.5) is 4.79 Å². The van der Waals surface area contributed by atoms with Gasteiger partial charge in [0.25, 0.3) is 0 Å². The number of rotatable bonds is 2. The maximum atomic E-state index is 11.8. The number of nitrogens with zero attached hydrogens (tertiary/aromatic N) is 2. The predicted octanol–water partition coefficient (Wildman–Crippen LogP) is -0.0493. The van der Waals surface area contributed by atoms with E-state index in [1.54, 1.807) is 4.90 Å². The highest BCUT2D eigenvalue weighted by molar-refractivity contribution is 5.80. The first-order chi connectivity index (χ1) is 8.16. The van der Waals surface area contributed by atoms with E-state index in [9.17, 15) is 9.59 Å². The fourth-order valence-electron chi connectivity index (χ4n) is 2.65. The number of fused-ring (bicyclic) bond motifs is 1. The van der Waals surface area contributed by atoms with Crippen molar-refractivity contribution in [1.82, 2.24) is 15.1 Å².